The van der Waals surface area contributed by atoms with Crippen molar-refractivity contribution in [2.45, 2.75) is 63.9 Å². The fourth-order valence-electron chi connectivity index (χ4n) is 8.70. The van der Waals surface area contributed by atoms with Gasteiger partial charge in [0.1, 0.15) is 19.4 Å². The lowest BCUT2D eigenvalue weighted by Gasteiger charge is -2.37. The Bertz CT molecular complexity index is 2300. The highest BCUT2D eigenvalue weighted by atomic mass is 31.2. The first-order valence-electron chi connectivity index (χ1n) is 22.3. The minimum absolute atomic E-state index is 0.110. The van der Waals surface area contributed by atoms with Crippen molar-refractivity contribution in [2.75, 3.05) is 6.16 Å². The number of nitrogens with zero attached hydrogens (tertiary/aromatic N) is 2. The smallest absolute Gasteiger partial charge is 0.265 e. The molecule has 66 heavy (non-hydrogen) atoms. The lowest BCUT2D eigenvalue weighted by atomic mass is 9.77. The van der Waals surface area contributed by atoms with Gasteiger partial charge in [-0.15, -0.1) is 0 Å². The Kier molecular flexibility index (Phi) is 16.0. The third kappa shape index (κ3) is 10.7. The summed E-state index contributed by atoms with van der Waals surface area (Å²) < 4.78 is 9.01. The highest BCUT2D eigenvalue weighted by molar-refractivity contribution is 7.50. The summed E-state index contributed by atoms with van der Waals surface area (Å²) >= 11 is 0. The lowest BCUT2D eigenvalue weighted by molar-refractivity contribution is 0.0918. The second kappa shape index (κ2) is 22.4. The minimum Gasteiger partial charge on any atom is -0.339 e. The number of amides is 2. The van der Waals surface area contributed by atoms with E-state index in [2.05, 4.69) is 60.1 Å². The molecule has 7 aromatic carbocycles. The van der Waals surface area contributed by atoms with Crippen molar-refractivity contribution in [1.29, 1.82) is 5.26 Å². The Balaban J connectivity index is 1.28. The zero-order chi connectivity index (χ0) is 46.4. The van der Waals surface area contributed by atoms with Gasteiger partial charge < -0.3 is 4.52 Å². The molecule has 0 fully saturated rings. The number of hydrogen-bond donors (Lipinski definition) is 4. The van der Waals surface area contributed by atoms with Crippen LogP contribution in [0.3, 0.4) is 0 Å². The van der Waals surface area contributed by atoms with Gasteiger partial charge >= 0.3 is 0 Å². The van der Waals surface area contributed by atoms with Gasteiger partial charge in [0.05, 0.1) is 12.7 Å². The van der Waals surface area contributed by atoms with Gasteiger partial charge in [-0.2, -0.15) is 5.26 Å². The van der Waals surface area contributed by atoms with Crippen molar-refractivity contribution < 1.29 is 14.1 Å². The molecular weight excluding hydrogens is 836 g/mol. The molecule has 0 saturated heterocycles. The van der Waals surface area contributed by atoms with Crippen molar-refractivity contribution in [1.82, 2.24) is 26.4 Å². The van der Waals surface area contributed by atoms with Gasteiger partial charge in [0.2, 0.25) is 0 Å². The van der Waals surface area contributed by atoms with Gasteiger partial charge in [-0.1, -0.05) is 182 Å². The second-order valence-electron chi connectivity index (χ2n) is 16.6. The van der Waals surface area contributed by atoms with Crippen LogP contribution < -0.4 is 21.7 Å². The van der Waals surface area contributed by atoms with E-state index in [1.54, 1.807) is 18.2 Å². The maximum atomic E-state index is 14.7. The highest BCUT2D eigenvalue weighted by Crippen LogP contribution is 2.46. The minimum atomic E-state index is -1.20. The summed E-state index contributed by atoms with van der Waals surface area (Å²) in [6.45, 7) is 8.61. The van der Waals surface area contributed by atoms with E-state index in [-0.39, 0.29) is 29.8 Å². The van der Waals surface area contributed by atoms with Crippen LogP contribution in [0.2, 0.25) is 0 Å². The zero-order valence-corrected chi connectivity index (χ0v) is 38.8. The number of carbonyl (C=O) groups is 2. The molecule has 0 radical (unpaired) electrons. The van der Waals surface area contributed by atoms with Crippen LogP contribution in [0, 0.1) is 11.3 Å². The van der Waals surface area contributed by atoms with Crippen molar-refractivity contribution in [3.05, 3.63) is 250 Å². The number of rotatable bonds is 20. The summed E-state index contributed by atoms with van der Waals surface area (Å²) in [4.78, 5) is 29.5. The van der Waals surface area contributed by atoms with Crippen LogP contribution in [-0.4, -0.2) is 34.7 Å². The molecule has 2 amide bonds. The lowest BCUT2D eigenvalue weighted by Crippen LogP contribution is -2.54. The fraction of sp³-hybridized carbons (Fsp3) is 0.196. The molecule has 0 aromatic heterocycles. The summed E-state index contributed by atoms with van der Waals surface area (Å²) in [6, 6.07) is 67.8. The summed E-state index contributed by atoms with van der Waals surface area (Å²) in [5, 5.41) is 9.59. The number of nitriles is 1. The summed E-state index contributed by atoms with van der Waals surface area (Å²) in [6.07, 6.45) is 0.901. The summed E-state index contributed by atoms with van der Waals surface area (Å²) in [7, 11) is -1.20. The second-order valence-corrected chi connectivity index (χ2v) is 18.5. The number of nitrogens with one attached hydrogen (secondary N) is 4. The Labute approximate surface area is 390 Å². The normalized spacial score (nSPS) is 12.2. The summed E-state index contributed by atoms with van der Waals surface area (Å²) in [5.41, 5.74) is 17.8. The standard InChI is InChI=1S/C56H57N6O3P/c1-42(2)62(43(3)4)66(37-23-36-57)65-41-44-38-45(53(63)58-60-55(47-24-11-5-12-25-47,48-26-13-6-14-27-48)49-28-15-7-16-29-49)40-46(39-44)54(64)59-61-56(50-30-17-8-18-31-50,51-32-19-9-20-33-51)52-34-21-10-22-35-52/h5-22,24-35,38-40,42-43,60-61H,23,37,41H2,1-4H3,(H,58,63)(H,59,64). The molecule has 0 aliphatic rings. The van der Waals surface area contributed by atoms with Crippen LogP contribution in [0.5, 0.6) is 0 Å². The fourth-order valence-corrected chi connectivity index (χ4v) is 10.8. The van der Waals surface area contributed by atoms with Crippen molar-refractivity contribution in [2.24, 2.45) is 0 Å². The molecule has 0 spiro atoms. The first kappa shape index (κ1) is 47.2. The van der Waals surface area contributed by atoms with Crippen LogP contribution in [0.15, 0.2) is 200 Å². The molecule has 0 heterocycles. The van der Waals surface area contributed by atoms with E-state index in [9.17, 15) is 14.9 Å². The van der Waals surface area contributed by atoms with E-state index < -0.39 is 31.2 Å². The molecule has 0 bridgehead atoms. The third-order valence-corrected chi connectivity index (χ3v) is 14.1. The average molecular weight is 893 g/mol. The summed E-state index contributed by atoms with van der Waals surface area (Å²) in [5.74, 6) is -0.896. The van der Waals surface area contributed by atoms with Crippen LogP contribution in [0.1, 0.15) is 93.8 Å². The molecule has 7 rings (SSSR count). The molecule has 1 atom stereocenters. The van der Waals surface area contributed by atoms with E-state index >= 15 is 0 Å². The molecule has 0 aliphatic heterocycles. The Morgan fingerprint density at radius 2 is 0.833 bits per heavy atom. The third-order valence-electron chi connectivity index (χ3n) is 11.6. The number of benzene rings is 7. The number of carbonyl (C=O) groups excluding carboxylic acids is 2. The predicted molar refractivity (Wildman–Crippen MR) is 265 cm³/mol. The molecule has 0 aliphatic carbocycles. The molecule has 4 N–H and O–H groups in total. The monoisotopic (exact) mass is 892 g/mol. The maximum Gasteiger partial charge on any atom is 0.265 e. The maximum absolute atomic E-state index is 14.7. The van der Waals surface area contributed by atoms with Crippen LogP contribution in [-0.2, 0) is 22.2 Å². The molecule has 7 aromatic rings. The largest absolute Gasteiger partial charge is 0.339 e. The van der Waals surface area contributed by atoms with E-state index in [0.29, 0.717) is 18.1 Å². The molecule has 334 valence electrons. The highest BCUT2D eigenvalue weighted by Gasteiger charge is 2.38. The van der Waals surface area contributed by atoms with Gasteiger partial charge in [-0.25, -0.2) is 10.9 Å². The first-order valence-corrected chi connectivity index (χ1v) is 23.7. The average Bonchev–Trinajstić information content (AvgIpc) is 3.36. The molecular formula is C56H57N6O3P. The van der Waals surface area contributed by atoms with Gasteiger partial charge in [0.25, 0.3) is 11.8 Å². The van der Waals surface area contributed by atoms with E-state index in [4.69, 9.17) is 4.52 Å². The predicted octanol–water partition coefficient (Wildman–Crippen LogP) is 11.0. The molecule has 0 saturated carbocycles. The Morgan fingerprint density at radius 1 is 0.530 bits per heavy atom. The van der Waals surface area contributed by atoms with Crippen molar-refractivity contribution >= 4 is 20.1 Å². The topological polar surface area (TPSA) is 119 Å². The van der Waals surface area contributed by atoms with Crippen molar-refractivity contribution in [3.63, 3.8) is 0 Å². The van der Waals surface area contributed by atoms with E-state index in [1.807, 2.05) is 182 Å². The van der Waals surface area contributed by atoms with Gasteiger partial charge in [0.15, 0.2) is 0 Å². The SMILES string of the molecule is CC(C)N(C(C)C)P(CCC#N)OCc1cc(C(=O)NNC(c2ccccc2)(c2ccccc2)c2ccccc2)cc(C(=O)NNC(c2ccccc2)(c2ccccc2)c2ccccc2)c1. The van der Waals surface area contributed by atoms with Gasteiger partial charge in [0, 0.05) is 35.8 Å². The molecule has 10 heteroatoms. The van der Waals surface area contributed by atoms with Gasteiger partial charge in [-0.05, 0) is 84.8 Å². The van der Waals surface area contributed by atoms with Crippen LogP contribution in [0.4, 0.5) is 0 Å². The number of hydrogen-bond acceptors (Lipinski definition) is 7. The Hall–Kier alpha value is -6.76. The quantitative estimate of drug-likeness (QED) is 0.0342. The van der Waals surface area contributed by atoms with Crippen LogP contribution >= 0.6 is 8.30 Å². The molecule has 9 nitrogen and oxygen atoms in total. The zero-order valence-electron chi connectivity index (χ0n) is 37.9. The van der Waals surface area contributed by atoms with Crippen LogP contribution in [0.25, 0.3) is 0 Å². The number of hydrazine groups is 2. The van der Waals surface area contributed by atoms with Crippen molar-refractivity contribution in [3.8, 4) is 6.07 Å². The molecule has 1 unspecified atom stereocenters. The van der Waals surface area contributed by atoms with E-state index in [1.165, 1.54) is 0 Å². The Morgan fingerprint density at radius 3 is 1.11 bits per heavy atom. The van der Waals surface area contributed by atoms with Gasteiger partial charge in [-0.3, -0.25) is 25.1 Å². The first-order chi connectivity index (χ1) is 32.2. The van der Waals surface area contributed by atoms with E-state index in [0.717, 1.165) is 33.4 Å².